The van der Waals surface area contributed by atoms with Crippen LogP contribution < -0.4 is 33.0 Å². The quantitative estimate of drug-likeness (QED) is 0.0870. The van der Waals surface area contributed by atoms with E-state index in [1.165, 1.54) is 13.7 Å². The number of carbonyl (C=O) groups excluding carboxylic acids is 3. The fourth-order valence-electron chi connectivity index (χ4n) is 11.9. The predicted molar refractivity (Wildman–Crippen MR) is 257 cm³/mol. The largest absolute Gasteiger partial charge is 0.433 e. The van der Waals surface area contributed by atoms with Crippen molar-refractivity contribution in [1.29, 1.82) is 0 Å². The van der Waals surface area contributed by atoms with E-state index in [0.717, 1.165) is 0 Å². The molecule has 372 valence electrons. The van der Waals surface area contributed by atoms with Crippen LogP contribution in [0.25, 0.3) is 0 Å². The number of hydrogen-bond acceptors (Lipinski definition) is 12. The number of nitrogens with zero attached hydrogens (tertiary/aromatic N) is 6. The van der Waals surface area contributed by atoms with Crippen molar-refractivity contribution in [1.82, 2.24) is 29.7 Å². The second kappa shape index (κ2) is 21.0. The standard InChI is InChI=1S/C48H81N9O9/c1-16-31(4)52-64-37(58)49-28-46(13)24-36(23-45(11,12)25-46)57-41(62)55(29-47(14)21-34(19-43(7,8)26-47)50-38(59)65-53-32(5)17-2)40(61)56(42(57)63)30-48(15)22-35(20-44(9,10)27-48)51-39(60)66-54-33(6)18-3/h34-36H,16-30H2,1-15H3,(H,49,58)(H,50,59)(H,51,60)/b52-31+,53-32+,54-33+. The highest BCUT2D eigenvalue weighted by Gasteiger charge is 2.47. The molecule has 1 aromatic rings. The molecule has 0 aliphatic heterocycles. The van der Waals surface area contributed by atoms with Gasteiger partial charge in [0.1, 0.15) is 0 Å². The maximum atomic E-state index is 15.2. The first-order valence-electron chi connectivity index (χ1n) is 23.9. The fourth-order valence-corrected chi connectivity index (χ4v) is 11.9. The average Bonchev–Trinajstić information content (AvgIpc) is 3.18. The Morgan fingerprint density at radius 2 is 0.894 bits per heavy atom. The molecule has 66 heavy (non-hydrogen) atoms. The molecule has 3 amide bonds. The Morgan fingerprint density at radius 3 is 1.29 bits per heavy atom. The van der Waals surface area contributed by atoms with Crippen LogP contribution in [0.3, 0.4) is 0 Å². The summed E-state index contributed by atoms with van der Waals surface area (Å²) in [5.41, 5.74) is -3.02. The van der Waals surface area contributed by atoms with Gasteiger partial charge < -0.3 is 16.0 Å². The van der Waals surface area contributed by atoms with E-state index in [-0.39, 0.29) is 48.0 Å². The van der Waals surface area contributed by atoms with Gasteiger partial charge >= 0.3 is 35.3 Å². The summed E-state index contributed by atoms with van der Waals surface area (Å²) in [5, 5.41) is 20.5. The highest BCUT2D eigenvalue weighted by Crippen LogP contribution is 2.51. The van der Waals surface area contributed by atoms with E-state index < -0.39 is 57.6 Å². The van der Waals surface area contributed by atoms with Crippen molar-refractivity contribution in [3.8, 4) is 0 Å². The molecule has 3 N–H and O–H groups in total. The van der Waals surface area contributed by atoms with Crippen LogP contribution in [0.15, 0.2) is 29.9 Å². The predicted octanol–water partition coefficient (Wildman–Crippen LogP) is 8.64. The molecule has 0 saturated heterocycles. The van der Waals surface area contributed by atoms with Crippen molar-refractivity contribution in [2.24, 2.45) is 48.0 Å². The Hall–Kier alpha value is -4.77. The lowest BCUT2D eigenvalue weighted by molar-refractivity contribution is 0.0369. The van der Waals surface area contributed by atoms with Crippen molar-refractivity contribution in [3.63, 3.8) is 0 Å². The molecule has 18 nitrogen and oxygen atoms in total. The molecule has 3 fully saturated rings. The topological polar surface area (TPSA) is 218 Å². The van der Waals surface area contributed by atoms with Crippen molar-refractivity contribution in [2.75, 3.05) is 6.54 Å². The summed E-state index contributed by atoms with van der Waals surface area (Å²) in [4.78, 5) is 99.5. The zero-order valence-corrected chi connectivity index (χ0v) is 42.7. The molecule has 6 atom stereocenters. The van der Waals surface area contributed by atoms with Crippen LogP contribution >= 0.6 is 0 Å². The van der Waals surface area contributed by atoms with Gasteiger partial charge in [0.15, 0.2) is 0 Å². The van der Waals surface area contributed by atoms with E-state index in [1.54, 1.807) is 20.8 Å². The van der Waals surface area contributed by atoms with Crippen LogP contribution in [0.4, 0.5) is 14.4 Å². The maximum Gasteiger partial charge on any atom is 0.433 e. The van der Waals surface area contributed by atoms with Gasteiger partial charge in [-0.3, -0.25) is 14.5 Å². The highest BCUT2D eigenvalue weighted by atomic mass is 16.7. The first kappa shape index (κ1) is 53.8. The Labute approximate surface area is 391 Å². The minimum atomic E-state index is -0.706. The lowest BCUT2D eigenvalue weighted by Crippen LogP contribution is -2.60. The van der Waals surface area contributed by atoms with Gasteiger partial charge in [-0.1, -0.05) is 98.6 Å². The zero-order chi connectivity index (χ0) is 49.6. The molecule has 1 aromatic heterocycles. The molecule has 0 bridgehead atoms. The van der Waals surface area contributed by atoms with Gasteiger partial charge in [0.2, 0.25) is 0 Å². The number of amides is 3. The van der Waals surface area contributed by atoms with Gasteiger partial charge in [-0.15, -0.1) is 0 Å². The molecule has 3 aliphatic rings. The van der Waals surface area contributed by atoms with Gasteiger partial charge in [-0.2, -0.15) is 0 Å². The van der Waals surface area contributed by atoms with Crippen LogP contribution in [0.2, 0.25) is 0 Å². The summed E-state index contributed by atoms with van der Waals surface area (Å²) >= 11 is 0. The molecule has 0 spiro atoms. The van der Waals surface area contributed by atoms with E-state index >= 15 is 14.4 Å². The Balaban J connectivity index is 1.82. The number of nitrogens with one attached hydrogen (secondary N) is 3. The molecule has 18 heteroatoms. The SMILES string of the molecule is CC/C(C)=N/OC(=O)NCC1(C)CC(n2c(=O)n(CC3(C)CC(NC(=O)O/N=C(\C)CC)CC(C)(C)C3)c(=O)n(CC3(C)CC(NC(=O)O/N=C(\C)CC)CC(C)(C)C3)c2=O)CC(C)(C)C1. The van der Waals surface area contributed by atoms with Gasteiger partial charge in [0.05, 0.1) is 17.1 Å². The highest BCUT2D eigenvalue weighted by molar-refractivity contribution is 5.82. The molecule has 4 rings (SSSR count). The van der Waals surface area contributed by atoms with E-state index in [9.17, 15) is 14.4 Å². The summed E-state index contributed by atoms with van der Waals surface area (Å²) in [7, 11) is 0. The lowest BCUT2D eigenvalue weighted by Gasteiger charge is -2.48. The molecule has 6 unspecified atom stereocenters. The summed E-state index contributed by atoms with van der Waals surface area (Å²) in [6.45, 7) is 29.9. The van der Waals surface area contributed by atoms with E-state index in [1.807, 2.05) is 41.5 Å². The van der Waals surface area contributed by atoms with Crippen molar-refractivity contribution in [2.45, 2.75) is 212 Å². The first-order valence-corrected chi connectivity index (χ1v) is 23.9. The molecule has 3 saturated carbocycles. The van der Waals surface area contributed by atoms with Crippen LogP contribution in [0.1, 0.15) is 187 Å². The third-order valence-electron chi connectivity index (χ3n) is 13.8. The second-order valence-electron chi connectivity index (χ2n) is 23.4. The van der Waals surface area contributed by atoms with Gasteiger partial charge in [0, 0.05) is 37.8 Å². The van der Waals surface area contributed by atoms with Crippen molar-refractivity contribution >= 4 is 35.4 Å². The Kier molecular flexibility index (Phi) is 17.2. The summed E-state index contributed by atoms with van der Waals surface area (Å²) in [5.74, 6) is 0. The minimum Gasteiger partial charge on any atom is -0.319 e. The molecule has 1 heterocycles. The van der Waals surface area contributed by atoms with Crippen molar-refractivity contribution in [3.05, 3.63) is 31.5 Å². The second-order valence-corrected chi connectivity index (χ2v) is 23.4. The normalized spacial score (nSPS) is 28.8. The van der Waals surface area contributed by atoms with Gasteiger partial charge in [-0.25, -0.2) is 42.5 Å². The summed E-state index contributed by atoms with van der Waals surface area (Å²) in [6, 6.07) is -1.33. The van der Waals surface area contributed by atoms with E-state index in [2.05, 4.69) is 73.0 Å². The minimum absolute atomic E-state index is 0.0108. The summed E-state index contributed by atoms with van der Waals surface area (Å²) in [6.07, 6.45) is 4.73. The zero-order valence-electron chi connectivity index (χ0n) is 42.7. The van der Waals surface area contributed by atoms with Crippen LogP contribution in [-0.4, -0.2) is 67.7 Å². The smallest absolute Gasteiger partial charge is 0.319 e. The molecular weight excluding hydrogens is 847 g/mol. The Bertz CT molecular complexity index is 2110. The number of aromatic nitrogens is 3. The number of rotatable bonds is 15. The van der Waals surface area contributed by atoms with Crippen LogP contribution in [0, 0.1) is 32.5 Å². The lowest BCUT2D eigenvalue weighted by atomic mass is 9.62. The fraction of sp³-hybridized carbons (Fsp3) is 0.812. The van der Waals surface area contributed by atoms with Gasteiger partial charge in [0.25, 0.3) is 0 Å². The maximum absolute atomic E-state index is 15.2. The number of hydrogen-bond donors (Lipinski definition) is 3. The van der Waals surface area contributed by atoms with E-state index in [4.69, 9.17) is 14.5 Å². The van der Waals surface area contributed by atoms with Crippen LogP contribution in [0.5, 0.6) is 0 Å². The van der Waals surface area contributed by atoms with Crippen LogP contribution in [-0.2, 0) is 27.6 Å². The number of carbonyl (C=O) groups is 3. The number of oxime groups is 3. The molecule has 0 aromatic carbocycles. The Morgan fingerprint density at radius 1 is 0.530 bits per heavy atom. The van der Waals surface area contributed by atoms with Crippen molar-refractivity contribution < 1.29 is 28.9 Å². The molecule has 3 aliphatic carbocycles. The first-order chi connectivity index (χ1) is 30.4. The van der Waals surface area contributed by atoms with E-state index in [0.29, 0.717) is 94.2 Å². The monoisotopic (exact) mass is 928 g/mol. The molecule has 0 radical (unpaired) electrons. The van der Waals surface area contributed by atoms with Gasteiger partial charge in [-0.05, 0) is 130 Å². The third-order valence-corrected chi connectivity index (χ3v) is 13.8. The summed E-state index contributed by atoms with van der Waals surface area (Å²) < 4.78 is 3.74. The third kappa shape index (κ3) is 14.9. The average molecular weight is 928 g/mol. The molecular formula is C48H81N9O9.